The summed E-state index contributed by atoms with van der Waals surface area (Å²) in [5.41, 5.74) is 0.814. The van der Waals surface area contributed by atoms with E-state index in [9.17, 15) is 12.8 Å². The lowest BCUT2D eigenvalue weighted by molar-refractivity contribution is 0.417. The molecule has 0 amide bonds. The summed E-state index contributed by atoms with van der Waals surface area (Å²) < 4.78 is 36.1. The molecule has 1 aromatic rings. The van der Waals surface area contributed by atoms with Gasteiger partial charge >= 0.3 is 0 Å². The number of benzene rings is 1. The molecule has 1 N–H and O–H groups in total. The average Bonchev–Trinajstić information content (AvgIpc) is 2.60. The van der Waals surface area contributed by atoms with Gasteiger partial charge in [-0.2, -0.15) is 0 Å². The summed E-state index contributed by atoms with van der Waals surface area (Å²) >= 11 is 0. The van der Waals surface area contributed by atoms with Crippen LogP contribution in [0.1, 0.15) is 18.0 Å². The van der Waals surface area contributed by atoms with E-state index in [1.165, 1.54) is 12.1 Å². The monoisotopic (exact) mass is 257 g/mol. The zero-order valence-corrected chi connectivity index (χ0v) is 10.5. The van der Waals surface area contributed by atoms with Crippen molar-refractivity contribution >= 4 is 9.84 Å². The van der Waals surface area contributed by atoms with Crippen molar-refractivity contribution in [2.45, 2.75) is 12.5 Å². The molecule has 2 rings (SSSR count). The van der Waals surface area contributed by atoms with E-state index < -0.39 is 9.84 Å². The van der Waals surface area contributed by atoms with Crippen molar-refractivity contribution in [2.75, 3.05) is 18.6 Å². The summed E-state index contributed by atoms with van der Waals surface area (Å²) in [6.07, 6.45) is 0.643. The lowest BCUT2D eigenvalue weighted by Gasteiger charge is -2.22. The van der Waals surface area contributed by atoms with E-state index in [1.54, 1.807) is 13.1 Å². The maximum absolute atomic E-state index is 13.2. The fourth-order valence-electron chi connectivity index (χ4n) is 2.46. The summed E-state index contributed by atoms with van der Waals surface area (Å²) in [4.78, 5) is 0. The van der Waals surface area contributed by atoms with E-state index in [0.717, 1.165) is 5.56 Å². The van der Waals surface area contributed by atoms with E-state index in [1.807, 2.05) is 6.07 Å². The van der Waals surface area contributed by atoms with Gasteiger partial charge in [0.15, 0.2) is 9.84 Å². The van der Waals surface area contributed by atoms with Crippen molar-refractivity contribution in [2.24, 2.45) is 5.92 Å². The minimum atomic E-state index is -2.90. The van der Waals surface area contributed by atoms with Crippen LogP contribution in [-0.2, 0) is 9.84 Å². The molecule has 2 atom stereocenters. The highest BCUT2D eigenvalue weighted by atomic mass is 32.2. The molecule has 0 aromatic heterocycles. The second kappa shape index (κ2) is 4.74. The third-order valence-corrected chi connectivity index (χ3v) is 5.05. The number of rotatable bonds is 3. The highest BCUT2D eigenvalue weighted by molar-refractivity contribution is 7.91. The van der Waals surface area contributed by atoms with Crippen LogP contribution in [0, 0.1) is 11.7 Å². The predicted octanol–water partition coefficient (Wildman–Crippen LogP) is 1.52. The van der Waals surface area contributed by atoms with Crippen LogP contribution in [-0.4, -0.2) is 27.0 Å². The minimum absolute atomic E-state index is 0.0341. The van der Waals surface area contributed by atoms with Crippen molar-refractivity contribution in [1.82, 2.24) is 5.32 Å². The maximum atomic E-state index is 13.2. The molecule has 1 saturated heterocycles. The van der Waals surface area contributed by atoms with Gasteiger partial charge in [-0.15, -0.1) is 0 Å². The molecule has 1 aromatic carbocycles. The Kier molecular flexibility index (Phi) is 3.49. The molecule has 5 heteroatoms. The van der Waals surface area contributed by atoms with E-state index in [-0.39, 0.29) is 29.3 Å². The zero-order valence-electron chi connectivity index (χ0n) is 9.69. The smallest absolute Gasteiger partial charge is 0.150 e. The molecule has 1 aliphatic heterocycles. The normalized spacial score (nSPS) is 24.7. The molecule has 0 bridgehead atoms. The van der Waals surface area contributed by atoms with Gasteiger partial charge in [0.1, 0.15) is 5.82 Å². The second-order valence-corrected chi connectivity index (χ2v) is 6.71. The molecule has 1 fully saturated rings. The standard InChI is InChI=1S/C12H16FNO2S/c1-14-12(9-3-2-4-11(13)7-9)10-5-6-17(15,16)8-10/h2-4,7,10,12,14H,5-6,8H2,1H3. The van der Waals surface area contributed by atoms with E-state index in [4.69, 9.17) is 0 Å². The number of hydrogen-bond acceptors (Lipinski definition) is 3. The van der Waals surface area contributed by atoms with Crippen LogP contribution < -0.4 is 5.32 Å². The third-order valence-electron chi connectivity index (χ3n) is 3.26. The van der Waals surface area contributed by atoms with Gasteiger partial charge in [-0.1, -0.05) is 12.1 Å². The van der Waals surface area contributed by atoms with Gasteiger partial charge in [0.05, 0.1) is 11.5 Å². The highest BCUT2D eigenvalue weighted by Crippen LogP contribution is 2.31. The number of nitrogens with one attached hydrogen (secondary N) is 1. The van der Waals surface area contributed by atoms with Crippen LogP contribution in [0.25, 0.3) is 0 Å². The number of hydrogen-bond donors (Lipinski definition) is 1. The fourth-order valence-corrected chi connectivity index (χ4v) is 4.30. The molecule has 0 saturated carbocycles. The molecule has 2 unspecified atom stereocenters. The molecular formula is C12H16FNO2S. The summed E-state index contributed by atoms with van der Waals surface area (Å²) in [6.45, 7) is 0. The Bertz CT molecular complexity index is 501. The first-order valence-electron chi connectivity index (χ1n) is 5.65. The van der Waals surface area contributed by atoms with Crippen molar-refractivity contribution in [3.05, 3.63) is 35.6 Å². The van der Waals surface area contributed by atoms with Crippen molar-refractivity contribution in [1.29, 1.82) is 0 Å². The van der Waals surface area contributed by atoms with Gasteiger partial charge in [-0.3, -0.25) is 0 Å². The first kappa shape index (κ1) is 12.5. The van der Waals surface area contributed by atoms with Crippen molar-refractivity contribution in [3.8, 4) is 0 Å². The third kappa shape index (κ3) is 2.84. The highest BCUT2D eigenvalue weighted by Gasteiger charge is 2.33. The fraction of sp³-hybridized carbons (Fsp3) is 0.500. The lowest BCUT2D eigenvalue weighted by Crippen LogP contribution is -2.26. The van der Waals surface area contributed by atoms with E-state index >= 15 is 0 Å². The molecule has 3 nitrogen and oxygen atoms in total. The summed E-state index contributed by atoms with van der Waals surface area (Å²) in [5.74, 6) is 0.176. The first-order chi connectivity index (χ1) is 8.02. The molecular weight excluding hydrogens is 241 g/mol. The van der Waals surface area contributed by atoms with Gasteiger partial charge < -0.3 is 5.32 Å². The van der Waals surface area contributed by atoms with Crippen LogP contribution in [0.3, 0.4) is 0 Å². The van der Waals surface area contributed by atoms with Crippen LogP contribution in [0.5, 0.6) is 0 Å². The molecule has 0 spiro atoms. The van der Waals surface area contributed by atoms with Gasteiger partial charge in [-0.05, 0) is 37.1 Å². The van der Waals surface area contributed by atoms with Crippen LogP contribution in [0.2, 0.25) is 0 Å². The summed E-state index contributed by atoms with van der Waals surface area (Å²) in [7, 11) is -1.12. The number of halogens is 1. The van der Waals surface area contributed by atoms with Crippen LogP contribution in [0.15, 0.2) is 24.3 Å². The molecule has 94 valence electrons. The van der Waals surface area contributed by atoms with Crippen LogP contribution >= 0.6 is 0 Å². The van der Waals surface area contributed by atoms with Gasteiger partial charge in [0.2, 0.25) is 0 Å². The van der Waals surface area contributed by atoms with Gasteiger partial charge in [0, 0.05) is 6.04 Å². The Morgan fingerprint density at radius 3 is 2.76 bits per heavy atom. The first-order valence-corrected chi connectivity index (χ1v) is 7.47. The molecule has 0 radical (unpaired) electrons. The van der Waals surface area contributed by atoms with Crippen molar-refractivity contribution in [3.63, 3.8) is 0 Å². The van der Waals surface area contributed by atoms with Crippen LogP contribution in [0.4, 0.5) is 4.39 Å². The predicted molar refractivity (Wildman–Crippen MR) is 65.0 cm³/mol. The van der Waals surface area contributed by atoms with Gasteiger partial charge in [0.25, 0.3) is 0 Å². The Morgan fingerprint density at radius 2 is 2.24 bits per heavy atom. The summed E-state index contributed by atoms with van der Waals surface area (Å²) in [6, 6.07) is 6.24. The quantitative estimate of drug-likeness (QED) is 0.893. The molecule has 1 aliphatic rings. The molecule has 1 heterocycles. The lowest BCUT2D eigenvalue weighted by atomic mass is 9.92. The van der Waals surface area contributed by atoms with Gasteiger partial charge in [-0.25, -0.2) is 12.8 Å². The van der Waals surface area contributed by atoms with Crippen molar-refractivity contribution < 1.29 is 12.8 Å². The molecule has 17 heavy (non-hydrogen) atoms. The topological polar surface area (TPSA) is 46.2 Å². The Balaban J connectivity index is 2.23. The Hall–Kier alpha value is -0.940. The molecule has 0 aliphatic carbocycles. The number of sulfone groups is 1. The average molecular weight is 257 g/mol. The van der Waals surface area contributed by atoms with E-state index in [2.05, 4.69) is 5.32 Å². The second-order valence-electron chi connectivity index (χ2n) is 4.48. The minimum Gasteiger partial charge on any atom is -0.313 e. The zero-order chi connectivity index (χ0) is 12.5. The largest absolute Gasteiger partial charge is 0.313 e. The Labute approximate surface area is 101 Å². The maximum Gasteiger partial charge on any atom is 0.150 e. The SMILES string of the molecule is CNC(c1cccc(F)c1)C1CCS(=O)(=O)C1. The summed E-state index contributed by atoms with van der Waals surface area (Å²) in [5, 5.41) is 3.09. The Morgan fingerprint density at radius 1 is 1.47 bits per heavy atom. The van der Waals surface area contributed by atoms with E-state index in [0.29, 0.717) is 6.42 Å².